The van der Waals surface area contributed by atoms with Crippen molar-refractivity contribution in [3.8, 4) is 0 Å². The normalized spacial score (nSPS) is 15.3. The molecule has 0 radical (unpaired) electrons. The number of sulfonamides is 1. The Labute approximate surface area is 151 Å². The third-order valence-corrected chi connectivity index (χ3v) is 6.84. The van der Waals surface area contributed by atoms with Crippen LogP contribution in [0.2, 0.25) is 0 Å². The number of amides is 1. The molecule has 0 bridgehead atoms. The molecule has 1 N–H and O–H groups in total. The highest BCUT2D eigenvalue weighted by atomic mass is 32.2. The summed E-state index contributed by atoms with van der Waals surface area (Å²) in [5.74, 6) is -0.0236. The first-order valence-electron chi connectivity index (χ1n) is 7.98. The fraction of sp³-hybridized carbons (Fsp3) is 0.353. The Hall–Kier alpha value is -1.74. The van der Waals surface area contributed by atoms with Crippen molar-refractivity contribution >= 4 is 27.3 Å². The molecule has 8 heteroatoms. The number of nitrogens with zero attached hydrogens (tertiary/aromatic N) is 1. The first kappa shape index (κ1) is 18.1. The van der Waals surface area contributed by atoms with E-state index in [4.69, 9.17) is 4.74 Å². The molecule has 0 saturated carbocycles. The van der Waals surface area contributed by atoms with Gasteiger partial charge in [0, 0.05) is 30.1 Å². The van der Waals surface area contributed by atoms with Crippen molar-refractivity contribution in [3.05, 3.63) is 52.4 Å². The van der Waals surface area contributed by atoms with Gasteiger partial charge in [-0.2, -0.15) is 0 Å². The van der Waals surface area contributed by atoms with Crippen LogP contribution in [0.25, 0.3) is 0 Å². The molecule has 25 heavy (non-hydrogen) atoms. The summed E-state index contributed by atoms with van der Waals surface area (Å²) in [6, 6.07) is 10.4. The lowest BCUT2D eigenvalue weighted by molar-refractivity contribution is 0.0303. The van der Waals surface area contributed by atoms with Crippen LogP contribution in [-0.4, -0.2) is 45.5 Å². The average molecular weight is 380 g/mol. The summed E-state index contributed by atoms with van der Waals surface area (Å²) in [5.41, 5.74) is 1.40. The molecule has 0 atom stereocenters. The minimum Gasteiger partial charge on any atom is -0.378 e. The number of aryl methyl sites for hydroxylation is 1. The van der Waals surface area contributed by atoms with Gasteiger partial charge in [-0.1, -0.05) is 12.1 Å². The summed E-state index contributed by atoms with van der Waals surface area (Å²) < 4.78 is 32.6. The van der Waals surface area contributed by atoms with Gasteiger partial charge in [0.05, 0.1) is 13.2 Å². The second kappa shape index (κ2) is 7.65. The van der Waals surface area contributed by atoms with E-state index >= 15 is 0 Å². The maximum Gasteiger partial charge on any atom is 0.254 e. The summed E-state index contributed by atoms with van der Waals surface area (Å²) in [6.07, 6.45) is 0. The molecule has 2 aromatic rings. The fourth-order valence-electron chi connectivity index (χ4n) is 2.52. The predicted molar refractivity (Wildman–Crippen MR) is 96.2 cm³/mol. The van der Waals surface area contributed by atoms with E-state index in [-0.39, 0.29) is 12.5 Å². The lowest BCUT2D eigenvalue weighted by Gasteiger charge is -2.26. The van der Waals surface area contributed by atoms with Crippen molar-refractivity contribution < 1.29 is 17.9 Å². The number of morpholine rings is 1. The molecule has 3 rings (SSSR count). The zero-order valence-electron chi connectivity index (χ0n) is 13.9. The first-order chi connectivity index (χ1) is 12.0. The Balaban J connectivity index is 1.62. The molecule has 0 aliphatic carbocycles. The maximum atomic E-state index is 12.4. The molecule has 2 heterocycles. The zero-order valence-corrected chi connectivity index (χ0v) is 15.5. The van der Waals surface area contributed by atoms with Gasteiger partial charge in [0.15, 0.2) is 0 Å². The largest absolute Gasteiger partial charge is 0.378 e. The van der Waals surface area contributed by atoms with Crippen LogP contribution in [0.15, 0.2) is 40.6 Å². The van der Waals surface area contributed by atoms with Crippen LogP contribution < -0.4 is 4.72 Å². The Kier molecular flexibility index (Phi) is 5.53. The summed E-state index contributed by atoms with van der Waals surface area (Å²) in [4.78, 5) is 15.1. The van der Waals surface area contributed by atoms with Crippen LogP contribution in [-0.2, 0) is 21.3 Å². The Morgan fingerprint density at radius 2 is 1.84 bits per heavy atom. The SMILES string of the molecule is Cc1ccc(S(=O)(=O)NCc2ccc(C(=O)N3CCOCC3)cc2)s1. The van der Waals surface area contributed by atoms with Gasteiger partial charge in [-0.05, 0) is 36.8 Å². The number of nitrogens with one attached hydrogen (secondary N) is 1. The molecule has 0 spiro atoms. The van der Waals surface area contributed by atoms with Crippen molar-refractivity contribution in [2.24, 2.45) is 0 Å². The van der Waals surface area contributed by atoms with E-state index < -0.39 is 10.0 Å². The minimum absolute atomic E-state index is 0.0236. The van der Waals surface area contributed by atoms with Gasteiger partial charge < -0.3 is 9.64 Å². The monoisotopic (exact) mass is 380 g/mol. The van der Waals surface area contributed by atoms with Gasteiger partial charge in [-0.15, -0.1) is 11.3 Å². The summed E-state index contributed by atoms with van der Waals surface area (Å²) >= 11 is 1.24. The minimum atomic E-state index is -3.50. The molecule has 1 aliphatic rings. The van der Waals surface area contributed by atoms with Crippen molar-refractivity contribution in [1.82, 2.24) is 9.62 Å². The van der Waals surface area contributed by atoms with Crippen LogP contribution >= 0.6 is 11.3 Å². The fourth-order valence-corrected chi connectivity index (χ4v) is 4.87. The molecule has 134 valence electrons. The number of benzene rings is 1. The number of ether oxygens (including phenoxy) is 1. The topological polar surface area (TPSA) is 75.7 Å². The van der Waals surface area contributed by atoms with E-state index in [9.17, 15) is 13.2 Å². The van der Waals surface area contributed by atoms with E-state index in [0.29, 0.717) is 36.1 Å². The van der Waals surface area contributed by atoms with Crippen LogP contribution in [0, 0.1) is 6.92 Å². The van der Waals surface area contributed by atoms with Crippen LogP contribution in [0.3, 0.4) is 0 Å². The molecular weight excluding hydrogens is 360 g/mol. The Bertz CT molecular complexity index is 838. The molecule has 1 fully saturated rings. The third-order valence-electron chi connectivity index (χ3n) is 3.95. The average Bonchev–Trinajstić information content (AvgIpc) is 3.08. The van der Waals surface area contributed by atoms with Crippen molar-refractivity contribution in [2.75, 3.05) is 26.3 Å². The Morgan fingerprint density at radius 3 is 2.44 bits per heavy atom. The molecule has 6 nitrogen and oxygen atoms in total. The number of hydrogen-bond donors (Lipinski definition) is 1. The van der Waals surface area contributed by atoms with E-state index in [1.165, 1.54) is 11.3 Å². The van der Waals surface area contributed by atoms with Crippen LogP contribution in [0.5, 0.6) is 0 Å². The summed E-state index contributed by atoms with van der Waals surface area (Å²) in [6.45, 7) is 4.38. The highest BCUT2D eigenvalue weighted by Crippen LogP contribution is 2.20. The molecule has 1 aromatic carbocycles. The van der Waals surface area contributed by atoms with E-state index in [0.717, 1.165) is 10.4 Å². The van der Waals surface area contributed by atoms with Crippen LogP contribution in [0.4, 0.5) is 0 Å². The molecule has 1 saturated heterocycles. The summed E-state index contributed by atoms with van der Waals surface area (Å²) in [7, 11) is -3.50. The van der Waals surface area contributed by atoms with Gasteiger partial charge in [-0.25, -0.2) is 13.1 Å². The highest BCUT2D eigenvalue weighted by molar-refractivity contribution is 7.91. The number of thiophene rings is 1. The molecule has 0 unspecified atom stereocenters. The van der Waals surface area contributed by atoms with Crippen molar-refractivity contribution in [2.45, 2.75) is 17.7 Å². The Morgan fingerprint density at radius 1 is 1.16 bits per heavy atom. The van der Waals surface area contributed by atoms with Crippen molar-refractivity contribution in [3.63, 3.8) is 0 Å². The van der Waals surface area contributed by atoms with E-state index in [1.54, 1.807) is 41.3 Å². The van der Waals surface area contributed by atoms with Gasteiger partial charge in [0.25, 0.3) is 5.91 Å². The molecule has 1 aliphatic heterocycles. The maximum absolute atomic E-state index is 12.4. The van der Waals surface area contributed by atoms with E-state index in [2.05, 4.69) is 4.72 Å². The lowest BCUT2D eigenvalue weighted by Crippen LogP contribution is -2.40. The molecular formula is C17H20N2O4S2. The van der Waals surface area contributed by atoms with Crippen molar-refractivity contribution in [1.29, 1.82) is 0 Å². The van der Waals surface area contributed by atoms with Gasteiger partial charge >= 0.3 is 0 Å². The highest BCUT2D eigenvalue weighted by Gasteiger charge is 2.19. The first-order valence-corrected chi connectivity index (χ1v) is 10.3. The molecule has 1 amide bonds. The number of carbonyl (C=O) groups is 1. The predicted octanol–water partition coefficient (Wildman–Crippen LogP) is 2.01. The number of carbonyl (C=O) groups excluding carboxylic acids is 1. The standard InChI is InChI=1S/C17H20N2O4S2/c1-13-2-7-16(24-13)25(21,22)18-12-14-3-5-15(6-4-14)17(20)19-8-10-23-11-9-19/h2-7,18H,8-12H2,1H3. The number of hydrogen-bond acceptors (Lipinski definition) is 5. The van der Waals surface area contributed by atoms with Gasteiger partial charge in [0.1, 0.15) is 4.21 Å². The van der Waals surface area contributed by atoms with Gasteiger partial charge in [0.2, 0.25) is 10.0 Å². The second-order valence-corrected chi connectivity index (χ2v) is 9.07. The zero-order chi connectivity index (χ0) is 17.9. The number of rotatable bonds is 5. The quantitative estimate of drug-likeness (QED) is 0.861. The van der Waals surface area contributed by atoms with E-state index in [1.807, 2.05) is 6.92 Å². The van der Waals surface area contributed by atoms with Gasteiger partial charge in [-0.3, -0.25) is 4.79 Å². The molecule has 1 aromatic heterocycles. The summed E-state index contributed by atoms with van der Waals surface area (Å²) in [5, 5.41) is 0. The smallest absolute Gasteiger partial charge is 0.254 e. The van der Waals surface area contributed by atoms with Crippen LogP contribution in [0.1, 0.15) is 20.8 Å². The lowest BCUT2D eigenvalue weighted by atomic mass is 10.1. The second-order valence-electron chi connectivity index (χ2n) is 5.79. The third kappa shape index (κ3) is 4.46.